The maximum atomic E-state index is 15.5. The number of anilines is 1. The van der Waals surface area contributed by atoms with Crippen LogP contribution in [0.15, 0.2) is 18.5 Å². The summed E-state index contributed by atoms with van der Waals surface area (Å²) >= 11 is 6.39. The summed E-state index contributed by atoms with van der Waals surface area (Å²) in [5.41, 5.74) is 8.36. The number of hydrogen-bond donors (Lipinski definition) is 1. The number of rotatable bonds is 6. The van der Waals surface area contributed by atoms with Gasteiger partial charge in [0.15, 0.2) is 5.82 Å². The molecular weight excluding hydrogens is 495 g/mol. The van der Waals surface area contributed by atoms with Crippen LogP contribution in [0.25, 0.3) is 5.52 Å². The fourth-order valence-corrected chi connectivity index (χ4v) is 5.22. The van der Waals surface area contributed by atoms with Gasteiger partial charge in [-0.1, -0.05) is 18.5 Å². The van der Waals surface area contributed by atoms with E-state index in [2.05, 4.69) is 4.98 Å². The monoisotopic (exact) mass is 523 g/mol. The van der Waals surface area contributed by atoms with Crippen molar-refractivity contribution in [3.8, 4) is 5.75 Å². The maximum Gasteiger partial charge on any atom is 0.250 e. The summed E-state index contributed by atoms with van der Waals surface area (Å²) in [6.07, 6.45) is 1.43. The second kappa shape index (κ2) is 9.08. The van der Waals surface area contributed by atoms with Crippen LogP contribution in [0.1, 0.15) is 68.3 Å². The summed E-state index contributed by atoms with van der Waals surface area (Å²) in [4.78, 5) is 10.7. The van der Waals surface area contributed by atoms with E-state index in [4.69, 9.17) is 31.8 Å². The Bertz CT molecular complexity index is 1300. The minimum absolute atomic E-state index is 0.0684. The highest BCUT2D eigenvalue weighted by atomic mass is 35.5. The van der Waals surface area contributed by atoms with Gasteiger partial charge in [0.05, 0.1) is 22.4 Å². The number of halogens is 4. The number of fused-ring (bicyclic) bond motifs is 1. The Hall–Kier alpha value is -2.56. The number of piperidine rings is 1. The van der Waals surface area contributed by atoms with Crippen molar-refractivity contribution in [3.63, 3.8) is 0 Å². The van der Waals surface area contributed by atoms with E-state index in [1.54, 1.807) is 18.5 Å². The van der Waals surface area contributed by atoms with Gasteiger partial charge in [-0.2, -0.15) is 0 Å². The van der Waals surface area contributed by atoms with E-state index in [-0.39, 0.29) is 48.5 Å². The van der Waals surface area contributed by atoms with Gasteiger partial charge in [-0.3, -0.25) is 9.30 Å². The topological polar surface area (TPSA) is 81.2 Å². The Morgan fingerprint density at radius 3 is 2.61 bits per heavy atom. The second-order valence-corrected chi connectivity index (χ2v) is 10.2. The molecule has 2 saturated heterocycles. The maximum absolute atomic E-state index is 15.5. The first kappa shape index (κ1) is 25.1. The third kappa shape index (κ3) is 4.39. The number of nitrogen functional groups attached to an aromatic ring is 1. The average Bonchev–Trinajstić information content (AvgIpc) is 3.51. The zero-order chi connectivity index (χ0) is 25.9. The molecule has 2 aromatic heterocycles. The minimum Gasteiger partial charge on any atom is -0.490 e. The first-order valence-electron chi connectivity index (χ1n) is 12.0. The highest BCUT2D eigenvalue weighted by Gasteiger charge is 2.51. The van der Waals surface area contributed by atoms with Gasteiger partial charge in [-0.25, -0.2) is 23.1 Å². The van der Waals surface area contributed by atoms with Gasteiger partial charge >= 0.3 is 0 Å². The molecule has 1 aromatic carbocycles. The summed E-state index contributed by atoms with van der Waals surface area (Å²) in [5.74, 6) is -2.30. The first-order chi connectivity index (χ1) is 17.0. The number of benzene rings is 1. The van der Waals surface area contributed by atoms with E-state index in [0.29, 0.717) is 28.5 Å². The highest BCUT2D eigenvalue weighted by molar-refractivity contribution is 6.31. The number of aryl methyl sites for hydroxylation is 1. The zero-order valence-electron chi connectivity index (χ0n) is 20.6. The summed E-state index contributed by atoms with van der Waals surface area (Å²) in [6.45, 7) is 7.84. The molecule has 194 valence electrons. The van der Waals surface area contributed by atoms with Gasteiger partial charge in [0.1, 0.15) is 35.2 Å². The van der Waals surface area contributed by atoms with Crippen LogP contribution in [0.5, 0.6) is 5.75 Å². The molecule has 3 atom stereocenters. The lowest BCUT2D eigenvalue weighted by Gasteiger charge is -2.30. The van der Waals surface area contributed by atoms with Crippen LogP contribution >= 0.6 is 11.6 Å². The first-order valence-corrected chi connectivity index (χ1v) is 12.4. The number of epoxide rings is 1. The number of hydrogen-bond acceptors (Lipinski definition) is 6. The molecule has 3 unspecified atom stereocenters. The summed E-state index contributed by atoms with van der Waals surface area (Å²) in [6, 6.07) is 1.56. The normalized spacial score (nSPS) is 22.8. The van der Waals surface area contributed by atoms with E-state index >= 15 is 4.39 Å². The lowest BCUT2D eigenvalue weighted by Crippen LogP contribution is -2.41. The van der Waals surface area contributed by atoms with Crippen molar-refractivity contribution in [2.45, 2.75) is 70.8 Å². The lowest BCUT2D eigenvalue weighted by atomic mass is 9.94. The largest absolute Gasteiger partial charge is 0.490 e. The molecule has 0 saturated carbocycles. The molecule has 4 heterocycles. The van der Waals surface area contributed by atoms with Crippen molar-refractivity contribution in [1.29, 1.82) is 0 Å². The molecule has 36 heavy (non-hydrogen) atoms. The number of ether oxygens (including phenoxy) is 2. The molecule has 0 bridgehead atoms. The van der Waals surface area contributed by atoms with Gasteiger partial charge < -0.3 is 15.2 Å². The number of nitrogens with two attached hydrogens (primary N) is 1. The molecule has 2 aliphatic heterocycles. The van der Waals surface area contributed by atoms with E-state index in [9.17, 15) is 8.78 Å². The Morgan fingerprint density at radius 2 is 1.94 bits per heavy atom. The molecule has 2 aliphatic rings. The van der Waals surface area contributed by atoms with Gasteiger partial charge in [0, 0.05) is 49.8 Å². The van der Waals surface area contributed by atoms with Crippen molar-refractivity contribution in [2.24, 2.45) is 0 Å². The Morgan fingerprint density at radius 1 is 1.25 bits per heavy atom. The number of nitrogens with zero attached hydrogens (tertiary/aromatic N) is 4. The smallest absolute Gasteiger partial charge is 0.250 e. The molecule has 5 rings (SSSR count). The van der Waals surface area contributed by atoms with E-state index in [0.717, 1.165) is 5.69 Å². The number of alkyl halides is 2. The third-order valence-corrected chi connectivity index (χ3v) is 7.14. The Kier molecular flexibility index (Phi) is 6.33. The quantitative estimate of drug-likeness (QED) is 0.431. The fraction of sp³-hybridized carbons (Fsp3) is 0.520. The summed E-state index contributed by atoms with van der Waals surface area (Å²) in [5, 5.41) is -0.0684. The predicted octanol–water partition coefficient (Wildman–Crippen LogP) is 5.48. The molecule has 7 nitrogen and oxygen atoms in total. The predicted molar refractivity (Wildman–Crippen MR) is 130 cm³/mol. The van der Waals surface area contributed by atoms with Crippen LogP contribution < -0.4 is 10.5 Å². The summed E-state index contributed by atoms with van der Waals surface area (Å²) < 4.78 is 56.8. The fourth-order valence-electron chi connectivity index (χ4n) is 5.00. The Labute approximate surface area is 212 Å². The molecule has 0 amide bonds. The van der Waals surface area contributed by atoms with Crippen LogP contribution in [-0.4, -0.2) is 50.6 Å². The minimum atomic E-state index is -2.68. The molecule has 2 fully saturated rings. The number of aromatic nitrogens is 3. The van der Waals surface area contributed by atoms with Crippen molar-refractivity contribution in [3.05, 3.63) is 51.9 Å². The van der Waals surface area contributed by atoms with Crippen LogP contribution in [-0.2, 0) is 4.74 Å². The molecule has 0 spiro atoms. The van der Waals surface area contributed by atoms with Gasteiger partial charge in [-0.15, -0.1) is 0 Å². The van der Waals surface area contributed by atoms with Crippen LogP contribution in [0, 0.1) is 12.7 Å². The van der Waals surface area contributed by atoms with Crippen LogP contribution in [0.4, 0.5) is 19.0 Å². The lowest BCUT2D eigenvalue weighted by molar-refractivity contribution is -0.0626. The second-order valence-electron chi connectivity index (χ2n) is 9.82. The molecule has 11 heteroatoms. The average molecular weight is 524 g/mol. The van der Waals surface area contributed by atoms with Crippen molar-refractivity contribution < 1.29 is 22.6 Å². The Balaban J connectivity index is 1.57. The number of imidazole rings is 1. The van der Waals surface area contributed by atoms with Crippen molar-refractivity contribution in [1.82, 2.24) is 19.3 Å². The van der Waals surface area contributed by atoms with Crippen LogP contribution in [0.2, 0.25) is 5.02 Å². The zero-order valence-corrected chi connectivity index (χ0v) is 21.3. The van der Waals surface area contributed by atoms with E-state index < -0.39 is 24.1 Å². The van der Waals surface area contributed by atoms with Gasteiger partial charge in [0.25, 0.3) is 5.92 Å². The van der Waals surface area contributed by atoms with E-state index in [1.807, 2.05) is 37.0 Å². The molecular formula is C25H29ClF3N5O2. The molecule has 2 N–H and O–H groups in total. The highest BCUT2D eigenvalue weighted by Crippen LogP contribution is 2.51. The van der Waals surface area contributed by atoms with E-state index in [1.165, 1.54) is 0 Å². The van der Waals surface area contributed by atoms with Crippen molar-refractivity contribution in [2.75, 3.05) is 18.8 Å². The van der Waals surface area contributed by atoms with Gasteiger partial charge in [0.2, 0.25) is 0 Å². The molecule has 3 aromatic rings. The van der Waals surface area contributed by atoms with Gasteiger partial charge in [-0.05, 0) is 26.8 Å². The number of likely N-dealkylation sites (tertiary alicyclic amines) is 1. The SMILES string of the molecule is Cc1nc(C(C)c2cc(Cl)c(F)c(C3OC3N3CCC(F)(F)CC3)c2OC(C)C)n2ccnc(N)c12. The molecule has 0 aliphatic carbocycles. The van der Waals surface area contributed by atoms with Crippen LogP contribution in [0.3, 0.4) is 0 Å². The summed E-state index contributed by atoms with van der Waals surface area (Å²) in [7, 11) is 0. The van der Waals surface area contributed by atoms with Crippen molar-refractivity contribution >= 4 is 22.9 Å². The molecule has 0 radical (unpaired) electrons. The standard InChI is InChI=1S/C25H29ClF3N5O2/c1-12(2)35-20-15(13(3)23-32-14(4)19-22(30)31-7-10-34(19)23)11-16(26)18(27)17(20)21-24(36-21)33-8-5-25(28,29)6-9-33/h7,10-13,21,24H,5-6,8-9H2,1-4H3,(H2,30,31). The third-order valence-electron chi connectivity index (χ3n) is 6.87.